The first-order chi connectivity index (χ1) is 6.11. The number of para-hydroxylation sites is 2. The molecule has 0 saturated heterocycles. The average Bonchev–Trinajstić information content (AvgIpc) is 2.03. The SMILES string of the molecule is NC(=S)Nc1ccccc1[N+](=O)[O-]. The first kappa shape index (κ1) is 9.40. The van der Waals surface area contributed by atoms with Gasteiger partial charge in [-0.3, -0.25) is 10.1 Å². The molecule has 0 saturated carbocycles. The summed E-state index contributed by atoms with van der Waals surface area (Å²) in [4.78, 5) is 9.99. The number of hydrogen-bond acceptors (Lipinski definition) is 3. The number of benzene rings is 1. The van der Waals surface area contributed by atoms with Crippen LogP contribution in [0, 0.1) is 10.1 Å². The van der Waals surface area contributed by atoms with Crippen LogP contribution < -0.4 is 11.1 Å². The maximum Gasteiger partial charge on any atom is 0.292 e. The van der Waals surface area contributed by atoms with E-state index in [1.807, 2.05) is 0 Å². The average molecular weight is 197 g/mol. The van der Waals surface area contributed by atoms with Gasteiger partial charge in [-0.1, -0.05) is 12.1 Å². The van der Waals surface area contributed by atoms with Crippen molar-refractivity contribution in [1.82, 2.24) is 0 Å². The highest BCUT2D eigenvalue weighted by atomic mass is 32.1. The Hall–Kier alpha value is -1.69. The summed E-state index contributed by atoms with van der Waals surface area (Å²) in [6, 6.07) is 6.15. The summed E-state index contributed by atoms with van der Waals surface area (Å²) in [5.74, 6) is 0. The van der Waals surface area contributed by atoms with Gasteiger partial charge in [-0.05, 0) is 18.3 Å². The van der Waals surface area contributed by atoms with Gasteiger partial charge in [0, 0.05) is 6.07 Å². The Morgan fingerprint density at radius 1 is 1.54 bits per heavy atom. The normalized spacial score (nSPS) is 9.23. The molecule has 0 aliphatic carbocycles. The predicted molar refractivity (Wildman–Crippen MR) is 53.5 cm³/mol. The molecule has 0 atom stereocenters. The highest BCUT2D eigenvalue weighted by Crippen LogP contribution is 2.22. The third kappa shape index (κ3) is 2.38. The van der Waals surface area contributed by atoms with E-state index in [0.717, 1.165) is 0 Å². The molecule has 13 heavy (non-hydrogen) atoms. The van der Waals surface area contributed by atoms with Crippen molar-refractivity contribution in [2.75, 3.05) is 5.32 Å². The standard InChI is InChI=1S/C7H7N3O2S/c8-7(13)9-5-3-1-2-4-6(5)10(11)12/h1-4H,(H3,8,9,13). The quantitative estimate of drug-likeness (QED) is 0.423. The number of nitrogens with one attached hydrogen (secondary N) is 1. The summed E-state index contributed by atoms with van der Waals surface area (Å²) >= 11 is 4.57. The summed E-state index contributed by atoms with van der Waals surface area (Å²) in [6.45, 7) is 0. The number of nitrogens with two attached hydrogens (primary N) is 1. The van der Waals surface area contributed by atoms with Crippen LogP contribution in [0.5, 0.6) is 0 Å². The number of nitrogens with zero attached hydrogens (tertiary/aromatic N) is 1. The number of rotatable bonds is 2. The maximum absolute atomic E-state index is 10.5. The van der Waals surface area contributed by atoms with E-state index < -0.39 is 4.92 Å². The maximum atomic E-state index is 10.5. The molecule has 68 valence electrons. The number of thiocarbonyl (C=S) groups is 1. The largest absolute Gasteiger partial charge is 0.376 e. The topological polar surface area (TPSA) is 81.2 Å². The highest BCUT2D eigenvalue weighted by molar-refractivity contribution is 7.80. The van der Waals surface area contributed by atoms with Crippen molar-refractivity contribution >= 4 is 28.7 Å². The van der Waals surface area contributed by atoms with E-state index >= 15 is 0 Å². The van der Waals surface area contributed by atoms with Gasteiger partial charge in [0.15, 0.2) is 5.11 Å². The lowest BCUT2D eigenvalue weighted by Gasteiger charge is -2.03. The smallest absolute Gasteiger partial charge is 0.292 e. The van der Waals surface area contributed by atoms with Gasteiger partial charge in [0.2, 0.25) is 0 Å². The Kier molecular flexibility index (Phi) is 2.76. The fraction of sp³-hybridized carbons (Fsp3) is 0. The molecule has 3 N–H and O–H groups in total. The molecule has 0 bridgehead atoms. The van der Waals surface area contributed by atoms with Crippen molar-refractivity contribution in [3.8, 4) is 0 Å². The van der Waals surface area contributed by atoms with Crippen LogP contribution in [0.2, 0.25) is 0 Å². The van der Waals surface area contributed by atoms with Crippen molar-refractivity contribution in [3.63, 3.8) is 0 Å². The minimum atomic E-state index is -0.499. The van der Waals surface area contributed by atoms with Gasteiger partial charge in [0.25, 0.3) is 5.69 Å². The van der Waals surface area contributed by atoms with Gasteiger partial charge in [-0.2, -0.15) is 0 Å². The van der Waals surface area contributed by atoms with Crippen molar-refractivity contribution in [3.05, 3.63) is 34.4 Å². The Bertz CT molecular complexity index is 353. The third-order valence-corrected chi connectivity index (χ3v) is 1.46. The third-order valence-electron chi connectivity index (χ3n) is 1.36. The molecule has 5 nitrogen and oxygen atoms in total. The first-order valence-corrected chi connectivity index (χ1v) is 3.82. The van der Waals surface area contributed by atoms with Crippen LogP contribution in [0.4, 0.5) is 11.4 Å². The molecular formula is C7H7N3O2S. The molecule has 0 aliphatic heterocycles. The molecule has 1 aromatic carbocycles. The zero-order valence-corrected chi connectivity index (χ0v) is 7.38. The summed E-state index contributed by atoms with van der Waals surface area (Å²) in [5.41, 5.74) is 5.45. The van der Waals surface area contributed by atoms with Crippen LogP contribution in [0.3, 0.4) is 0 Å². The molecule has 0 heterocycles. The lowest BCUT2D eigenvalue weighted by molar-refractivity contribution is -0.383. The summed E-state index contributed by atoms with van der Waals surface area (Å²) in [5, 5.41) is 13.0. The van der Waals surface area contributed by atoms with Crippen LogP contribution >= 0.6 is 12.2 Å². The van der Waals surface area contributed by atoms with E-state index in [1.165, 1.54) is 12.1 Å². The van der Waals surface area contributed by atoms with Crippen molar-refractivity contribution in [1.29, 1.82) is 0 Å². The Morgan fingerprint density at radius 2 is 2.15 bits per heavy atom. The van der Waals surface area contributed by atoms with Gasteiger partial charge in [0.05, 0.1) is 4.92 Å². The van der Waals surface area contributed by atoms with E-state index in [0.29, 0.717) is 5.69 Å². The van der Waals surface area contributed by atoms with E-state index in [2.05, 4.69) is 17.5 Å². The molecule has 0 aliphatic rings. The van der Waals surface area contributed by atoms with Crippen molar-refractivity contribution in [2.24, 2.45) is 5.73 Å². The Morgan fingerprint density at radius 3 is 2.69 bits per heavy atom. The summed E-state index contributed by atoms with van der Waals surface area (Å²) < 4.78 is 0. The van der Waals surface area contributed by atoms with E-state index in [-0.39, 0.29) is 10.8 Å². The number of hydrogen-bond donors (Lipinski definition) is 2. The molecule has 1 rings (SSSR count). The first-order valence-electron chi connectivity index (χ1n) is 3.41. The second-order valence-electron chi connectivity index (χ2n) is 2.26. The zero-order chi connectivity index (χ0) is 9.84. The number of anilines is 1. The van der Waals surface area contributed by atoms with E-state index in [1.54, 1.807) is 12.1 Å². The predicted octanol–water partition coefficient (Wildman–Crippen LogP) is 1.25. The van der Waals surface area contributed by atoms with Gasteiger partial charge in [-0.25, -0.2) is 0 Å². The lowest BCUT2D eigenvalue weighted by atomic mass is 10.3. The summed E-state index contributed by atoms with van der Waals surface area (Å²) in [7, 11) is 0. The van der Waals surface area contributed by atoms with Gasteiger partial charge in [0.1, 0.15) is 5.69 Å². The van der Waals surface area contributed by atoms with Gasteiger partial charge >= 0.3 is 0 Å². The minimum absolute atomic E-state index is 0.00861. The van der Waals surface area contributed by atoms with E-state index in [9.17, 15) is 10.1 Å². The highest BCUT2D eigenvalue weighted by Gasteiger charge is 2.11. The fourth-order valence-electron chi connectivity index (χ4n) is 0.871. The molecular weight excluding hydrogens is 190 g/mol. The number of nitro groups is 1. The van der Waals surface area contributed by atoms with Crippen molar-refractivity contribution < 1.29 is 4.92 Å². The minimum Gasteiger partial charge on any atom is -0.376 e. The van der Waals surface area contributed by atoms with Crippen LogP contribution in [0.15, 0.2) is 24.3 Å². The molecule has 0 unspecified atom stereocenters. The number of nitro benzene ring substituents is 1. The molecule has 6 heteroatoms. The van der Waals surface area contributed by atoms with Crippen LogP contribution in [-0.4, -0.2) is 10.0 Å². The van der Waals surface area contributed by atoms with Crippen LogP contribution in [0.25, 0.3) is 0 Å². The fourth-order valence-corrected chi connectivity index (χ4v) is 0.981. The molecule has 1 aromatic rings. The van der Waals surface area contributed by atoms with Crippen molar-refractivity contribution in [2.45, 2.75) is 0 Å². The molecule has 0 radical (unpaired) electrons. The lowest BCUT2D eigenvalue weighted by Crippen LogP contribution is -2.19. The van der Waals surface area contributed by atoms with Gasteiger partial charge < -0.3 is 11.1 Å². The molecule has 0 spiro atoms. The van der Waals surface area contributed by atoms with E-state index in [4.69, 9.17) is 5.73 Å². The second kappa shape index (κ2) is 3.81. The molecule has 0 fully saturated rings. The Balaban J connectivity index is 3.04. The molecule has 0 aromatic heterocycles. The van der Waals surface area contributed by atoms with Crippen LogP contribution in [-0.2, 0) is 0 Å². The monoisotopic (exact) mass is 197 g/mol. The zero-order valence-electron chi connectivity index (χ0n) is 6.56. The van der Waals surface area contributed by atoms with Crippen LogP contribution in [0.1, 0.15) is 0 Å². The second-order valence-corrected chi connectivity index (χ2v) is 2.70. The van der Waals surface area contributed by atoms with Gasteiger partial charge in [-0.15, -0.1) is 0 Å². The Labute approximate surface area is 79.7 Å². The molecule has 0 amide bonds. The summed E-state index contributed by atoms with van der Waals surface area (Å²) in [6.07, 6.45) is 0.